The SMILES string of the molecule is COc1ccc(CN(C(=O)OCC2c3ccccc3-c3ccccc32)[C@@H](CC(C)C)C(=O)Oc2c(F)c(F)c(F)c(F)c2F)c(OC(=O)OCC2c3ccccc3-c3ccccc32)c1. The van der Waals surface area contributed by atoms with Crippen LogP contribution in [-0.2, 0) is 20.8 Å². The molecule has 0 bridgehead atoms. The van der Waals surface area contributed by atoms with Gasteiger partial charge in [0.2, 0.25) is 34.8 Å². The van der Waals surface area contributed by atoms with Gasteiger partial charge in [-0.1, -0.05) is 111 Å². The Morgan fingerprint density at radius 2 is 1.05 bits per heavy atom. The van der Waals surface area contributed by atoms with Crippen molar-refractivity contribution in [2.45, 2.75) is 44.7 Å². The number of rotatable bonds is 13. The van der Waals surface area contributed by atoms with Gasteiger partial charge in [0.25, 0.3) is 0 Å². The van der Waals surface area contributed by atoms with Crippen LogP contribution in [0.4, 0.5) is 31.5 Å². The molecule has 0 heterocycles. The maximum Gasteiger partial charge on any atom is 0.513 e. The van der Waals surface area contributed by atoms with Crippen LogP contribution in [0.25, 0.3) is 22.3 Å². The highest BCUT2D eigenvalue weighted by Gasteiger charge is 2.38. The highest BCUT2D eigenvalue weighted by atomic mass is 19.2. The fraction of sp³-hybridized carbons (Fsp3) is 0.220. The average Bonchev–Trinajstić information content (AvgIpc) is 3.81. The maximum atomic E-state index is 14.9. The van der Waals surface area contributed by atoms with E-state index < -0.39 is 77.5 Å². The lowest BCUT2D eigenvalue weighted by molar-refractivity contribution is -0.141. The second-order valence-corrected chi connectivity index (χ2v) is 15.8. The Bertz CT molecular complexity index is 2660. The first kappa shape index (κ1) is 43.4. The van der Waals surface area contributed by atoms with Crippen LogP contribution < -0.4 is 14.2 Å². The molecule has 0 saturated carbocycles. The number of benzene rings is 6. The van der Waals surface area contributed by atoms with E-state index in [1.54, 1.807) is 13.8 Å². The second-order valence-electron chi connectivity index (χ2n) is 15.8. The molecule has 14 heteroatoms. The lowest BCUT2D eigenvalue weighted by Crippen LogP contribution is -2.47. The first-order chi connectivity index (χ1) is 30.9. The van der Waals surface area contributed by atoms with Gasteiger partial charge in [-0.2, -0.15) is 8.78 Å². The highest BCUT2D eigenvalue weighted by molar-refractivity contribution is 5.84. The molecule has 64 heavy (non-hydrogen) atoms. The maximum absolute atomic E-state index is 14.9. The lowest BCUT2D eigenvalue weighted by Gasteiger charge is -2.31. The van der Waals surface area contributed by atoms with E-state index in [-0.39, 0.29) is 42.6 Å². The van der Waals surface area contributed by atoms with Crippen molar-refractivity contribution < 1.29 is 60.0 Å². The van der Waals surface area contributed by atoms with E-state index in [0.717, 1.165) is 49.4 Å². The smallest absolute Gasteiger partial charge is 0.497 e. The number of hydrogen-bond donors (Lipinski definition) is 0. The van der Waals surface area contributed by atoms with Crippen LogP contribution in [0.3, 0.4) is 0 Å². The molecule has 328 valence electrons. The van der Waals surface area contributed by atoms with Gasteiger partial charge in [0.1, 0.15) is 30.8 Å². The molecular weight excluding hydrogens is 838 g/mol. The van der Waals surface area contributed by atoms with Crippen LogP contribution in [-0.4, -0.2) is 49.5 Å². The third kappa shape index (κ3) is 8.35. The molecule has 6 aromatic rings. The molecule has 9 nitrogen and oxygen atoms in total. The van der Waals surface area contributed by atoms with Gasteiger partial charge in [-0.3, -0.25) is 4.90 Å². The van der Waals surface area contributed by atoms with E-state index in [2.05, 4.69) is 0 Å². The van der Waals surface area contributed by atoms with E-state index >= 15 is 0 Å². The summed E-state index contributed by atoms with van der Waals surface area (Å²) in [4.78, 5) is 43.0. The molecule has 2 aliphatic rings. The van der Waals surface area contributed by atoms with Gasteiger partial charge >= 0.3 is 18.2 Å². The summed E-state index contributed by atoms with van der Waals surface area (Å²) in [6.45, 7) is 2.48. The molecule has 0 fully saturated rings. The lowest BCUT2D eigenvalue weighted by atomic mass is 9.98. The molecule has 6 aromatic carbocycles. The van der Waals surface area contributed by atoms with Crippen LogP contribution >= 0.6 is 0 Å². The van der Waals surface area contributed by atoms with E-state index in [1.807, 2.05) is 97.1 Å². The zero-order chi connectivity index (χ0) is 45.2. The van der Waals surface area contributed by atoms with Crippen molar-refractivity contribution in [2.24, 2.45) is 5.92 Å². The van der Waals surface area contributed by atoms with E-state index in [1.165, 1.54) is 25.3 Å². The Labute approximate surface area is 364 Å². The zero-order valence-corrected chi connectivity index (χ0v) is 34.7. The van der Waals surface area contributed by atoms with Crippen molar-refractivity contribution in [3.8, 4) is 39.5 Å². The summed E-state index contributed by atoms with van der Waals surface area (Å²) in [5.41, 5.74) is 7.69. The Morgan fingerprint density at radius 1 is 0.594 bits per heavy atom. The number of amides is 1. The van der Waals surface area contributed by atoms with Gasteiger partial charge in [0, 0.05) is 23.5 Å². The summed E-state index contributed by atoms with van der Waals surface area (Å²) in [6.07, 6.45) is -2.45. The largest absolute Gasteiger partial charge is 0.513 e. The molecule has 0 spiro atoms. The molecule has 1 amide bonds. The van der Waals surface area contributed by atoms with Crippen molar-refractivity contribution >= 4 is 18.2 Å². The predicted octanol–water partition coefficient (Wildman–Crippen LogP) is 11.5. The third-order valence-electron chi connectivity index (χ3n) is 11.4. The number of carbonyl (C=O) groups excluding carboxylic acids is 3. The normalized spacial score (nSPS) is 13.1. The van der Waals surface area contributed by atoms with Gasteiger partial charge in [-0.25, -0.2) is 27.6 Å². The summed E-state index contributed by atoms with van der Waals surface area (Å²) in [5, 5.41) is 0. The Morgan fingerprint density at radius 3 is 1.52 bits per heavy atom. The Balaban J connectivity index is 1.11. The highest BCUT2D eigenvalue weighted by Crippen LogP contribution is 2.46. The Kier molecular flexibility index (Phi) is 12.4. The van der Waals surface area contributed by atoms with Gasteiger partial charge in [-0.15, -0.1) is 0 Å². The molecule has 1 atom stereocenters. The molecule has 0 saturated heterocycles. The van der Waals surface area contributed by atoms with Gasteiger partial charge in [-0.05, 0) is 69.0 Å². The van der Waals surface area contributed by atoms with Crippen LogP contribution in [0.1, 0.15) is 59.9 Å². The number of nitrogens with zero attached hydrogens (tertiary/aromatic N) is 1. The van der Waals surface area contributed by atoms with Crippen LogP contribution in [0, 0.1) is 35.0 Å². The van der Waals surface area contributed by atoms with Crippen molar-refractivity contribution in [1.29, 1.82) is 0 Å². The number of halogens is 5. The molecule has 0 N–H and O–H groups in total. The monoisotopic (exact) mass is 877 g/mol. The third-order valence-corrected chi connectivity index (χ3v) is 11.4. The fourth-order valence-electron chi connectivity index (χ4n) is 8.40. The summed E-state index contributed by atoms with van der Waals surface area (Å²) < 4.78 is 100. The fourth-order valence-corrected chi connectivity index (χ4v) is 8.40. The number of ether oxygens (including phenoxy) is 5. The minimum absolute atomic E-state index is 0.0853. The average molecular weight is 878 g/mol. The standard InChI is InChI=1S/C50H40F5NO8/c1-27(2)22-40(48(57)64-47-45(54)43(52)42(51)44(53)46(47)55)56(49(58)61-25-38-34-16-8-4-12-30(34)31-13-5-9-17-35(31)38)24-28-20-21-29(60-3)23-41(28)63-50(59)62-26-39-36-18-10-6-14-32(36)33-15-7-11-19-37(33)39/h4-21,23,27,38-40H,22,24-26H2,1-3H3/t40-/m0/s1. The molecule has 0 aromatic heterocycles. The predicted molar refractivity (Wildman–Crippen MR) is 224 cm³/mol. The molecular formula is C50H40F5NO8. The Hall–Kier alpha value is -7.22. The number of hydrogen-bond acceptors (Lipinski definition) is 8. The summed E-state index contributed by atoms with van der Waals surface area (Å²) in [7, 11) is 1.38. The van der Waals surface area contributed by atoms with E-state index in [0.29, 0.717) is 0 Å². The summed E-state index contributed by atoms with van der Waals surface area (Å²) in [6, 6.07) is 33.2. The molecule has 0 unspecified atom stereocenters. The van der Waals surface area contributed by atoms with E-state index in [4.69, 9.17) is 23.7 Å². The van der Waals surface area contributed by atoms with Crippen molar-refractivity contribution in [1.82, 2.24) is 4.90 Å². The number of fused-ring (bicyclic) bond motifs is 6. The quantitative estimate of drug-likeness (QED) is 0.0282. The number of carbonyl (C=O) groups is 3. The second kappa shape index (κ2) is 18.2. The molecule has 8 rings (SSSR count). The van der Waals surface area contributed by atoms with E-state index in [9.17, 15) is 36.3 Å². The minimum Gasteiger partial charge on any atom is -0.497 e. The summed E-state index contributed by atoms with van der Waals surface area (Å²) >= 11 is 0. The number of esters is 1. The topological polar surface area (TPSA) is 101 Å². The van der Waals surface area contributed by atoms with Gasteiger partial charge in [0.15, 0.2) is 0 Å². The first-order valence-corrected chi connectivity index (χ1v) is 20.4. The van der Waals surface area contributed by atoms with Crippen LogP contribution in [0.15, 0.2) is 115 Å². The van der Waals surface area contributed by atoms with Crippen LogP contribution in [0.2, 0.25) is 0 Å². The molecule has 0 aliphatic heterocycles. The van der Waals surface area contributed by atoms with Crippen molar-refractivity contribution in [3.63, 3.8) is 0 Å². The molecule has 2 aliphatic carbocycles. The number of methoxy groups -OCH3 is 1. The van der Waals surface area contributed by atoms with Gasteiger partial charge in [0.05, 0.1) is 13.7 Å². The first-order valence-electron chi connectivity index (χ1n) is 20.4. The van der Waals surface area contributed by atoms with Gasteiger partial charge < -0.3 is 23.7 Å². The van der Waals surface area contributed by atoms with Crippen LogP contribution in [0.5, 0.6) is 17.2 Å². The minimum atomic E-state index is -2.45. The zero-order valence-electron chi connectivity index (χ0n) is 34.7. The van der Waals surface area contributed by atoms with Crippen molar-refractivity contribution in [2.75, 3.05) is 20.3 Å². The molecule has 0 radical (unpaired) electrons. The summed E-state index contributed by atoms with van der Waals surface area (Å²) in [5.74, 6) is -16.3. The van der Waals surface area contributed by atoms with Crippen molar-refractivity contribution in [3.05, 3.63) is 172 Å².